The second-order valence-corrected chi connectivity index (χ2v) is 8.84. The van der Waals surface area contributed by atoms with Crippen molar-refractivity contribution in [3.05, 3.63) is 0 Å². The van der Waals surface area contributed by atoms with Crippen LogP contribution in [0, 0.1) is 10.8 Å². The van der Waals surface area contributed by atoms with Crippen LogP contribution in [-0.2, 0) is 4.74 Å². The van der Waals surface area contributed by atoms with Gasteiger partial charge in [0.15, 0.2) is 0 Å². The monoisotopic (exact) mass is 249 g/mol. The second kappa shape index (κ2) is 3.15. The molecule has 2 heteroatoms. The highest BCUT2D eigenvalue weighted by Gasteiger charge is 2.67. The molecular formula is C16H27NO. The van der Waals surface area contributed by atoms with Gasteiger partial charge in [0.1, 0.15) is 0 Å². The van der Waals surface area contributed by atoms with Gasteiger partial charge in [0, 0.05) is 18.6 Å². The summed E-state index contributed by atoms with van der Waals surface area (Å²) in [5.74, 6) is 0. The van der Waals surface area contributed by atoms with E-state index in [2.05, 4.69) is 25.7 Å². The Morgan fingerprint density at radius 2 is 1.44 bits per heavy atom. The minimum absolute atomic E-state index is 0.0129. The summed E-state index contributed by atoms with van der Waals surface area (Å²) >= 11 is 0. The van der Waals surface area contributed by atoms with Crippen molar-refractivity contribution in [3.8, 4) is 0 Å². The smallest absolute Gasteiger partial charge is 0.0658 e. The van der Waals surface area contributed by atoms with Gasteiger partial charge in [0.25, 0.3) is 0 Å². The Labute approximate surface area is 111 Å². The van der Waals surface area contributed by atoms with E-state index in [4.69, 9.17) is 4.74 Å². The fourth-order valence-corrected chi connectivity index (χ4v) is 4.56. The first-order valence-corrected chi connectivity index (χ1v) is 7.74. The number of rotatable bonds is 2. The molecule has 0 aromatic carbocycles. The van der Waals surface area contributed by atoms with Crippen molar-refractivity contribution in [1.29, 1.82) is 0 Å². The van der Waals surface area contributed by atoms with E-state index >= 15 is 0 Å². The molecule has 2 spiro atoms. The van der Waals surface area contributed by atoms with Crippen LogP contribution in [-0.4, -0.2) is 35.7 Å². The highest BCUT2D eigenvalue weighted by atomic mass is 16.5. The lowest BCUT2D eigenvalue weighted by atomic mass is 9.85. The van der Waals surface area contributed by atoms with Crippen LogP contribution in [0.15, 0.2) is 0 Å². The maximum atomic E-state index is 6.22. The van der Waals surface area contributed by atoms with Crippen LogP contribution in [0.1, 0.15) is 59.3 Å². The largest absolute Gasteiger partial charge is 0.374 e. The zero-order valence-corrected chi connectivity index (χ0v) is 12.2. The fraction of sp³-hybridized carbons (Fsp3) is 1.00. The third-order valence-corrected chi connectivity index (χ3v) is 5.82. The SMILES string of the molecule is CC(C)(C)OCC12CC3(CC3)CN1CC1(CC1)C2. The van der Waals surface area contributed by atoms with Gasteiger partial charge < -0.3 is 4.74 Å². The number of ether oxygens (including phenoxy) is 1. The van der Waals surface area contributed by atoms with Gasteiger partial charge >= 0.3 is 0 Å². The zero-order chi connectivity index (χ0) is 12.6. The normalized spacial score (nSPS) is 34.2. The van der Waals surface area contributed by atoms with Gasteiger partial charge in [-0.1, -0.05) is 0 Å². The van der Waals surface area contributed by atoms with E-state index in [-0.39, 0.29) is 5.60 Å². The Balaban J connectivity index is 1.54. The van der Waals surface area contributed by atoms with Gasteiger partial charge in [0.2, 0.25) is 0 Å². The quantitative estimate of drug-likeness (QED) is 0.745. The Morgan fingerprint density at radius 3 is 1.83 bits per heavy atom. The third kappa shape index (κ3) is 1.76. The summed E-state index contributed by atoms with van der Waals surface area (Å²) in [5, 5.41) is 0. The summed E-state index contributed by atoms with van der Waals surface area (Å²) < 4.78 is 6.22. The summed E-state index contributed by atoms with van der Waals surface area (Å²) in [4.78, 5) is 2.83. The summed E-state index contributed by atoms with van der Waals surface area (Å²) in [6.45, 7) is 10.3. The maximum absolute atomic E-state index is 6.22. The van der Waals surface area contributed by atoms with E-state index in [9.17, 15) is 0 Å². The predicted molar refractivity (Wildman–Crippen MR) is 72.6 cm³/mol. The van der Waals surface area contributed by atoms with E-state index in [1.54, 1.807) is 0 Å². The lowest BCUT2D eigenvalue weighted by molar-refractivity contribution is -0.0528. The van der Waals surface area contributed by atoms with E-state index in [0.717, 1.165) is 17.4 Å². The summed E-state index contributed by atoms with van der Waals surface area (Å²) in [6.07, 6.45) is 8.78. The van der Waals surface area contributed by atoms with Gasteiger partial charge in [-0.3, -0.25) is 4.90 Å². The molecule has 2 heterocycles. The van der Waals surface area contributed by atoms with Crippen molar-refractivity contribution < 1.29 is 4.74 Å². The van der Waals surface area contributed by atoms with Crippen molar-refractivity contribution in [2.75, 3.05) is 19.7 Å². The molecule has 2 saturated heterocycles. The maximum Gasteiger partial charge on any atom is 0.0658 e. The average Bonchev–Trinajstić information content (AvgIpc) is 3.07. The van der Waals surface area contributed by atoms with Gasteiger partial charge in [-0.05, 0) is 70.1 Å². The molecule has 18 heavy (non-hydrogen) atoms. The lowest BCUT2D eigenvalue weighted by Gasteiger charge is -2.35. The average molecular weight is 249 g/mol. The van der Waals surface area contributed by atoms with E-state index in [1.165, 1.54) is 51.6 Å². The van der Waals surface area contributed by atoms with Crippen molar-refractivity contribution in [3.63, 3.8) is 0 Å². The Kier molecular flexibility index (Phi) is 2.05. The Bertz CT molecular complexity index is 349. The molecule has 2 aliphatic carbocycles. The Morgan fingerprint density at radius 1 is 0.944 bits per heavy atom. The molecule has 0 atom stereocenters. The first-order valence-electron chi connectivity index (χ1n) is 7.74. The van der Waals surface area contributed by atoms with Crippen LogP contribution in [0.2, 0.25) is 0 Å². The van der Waals surface area contributed by atoms with Gasteiger partial charge in [-0.15, -0.1) is 0 Å². The first kappa shape index (κ1) is 11.7. The standard InChI is InChI=1S/C16H27NO/c1-13(2,3)18-12-16-8-14(4-5-14)10-17(16)11-15(9-16)6-7-15/h4-12H2,1-3H3. The van der Waals surface area contributed by atoms with Crippen LogP contribution in [0.3, 0.4) is 0 Å². The molecule has 2 aliphatic heterocycles. The van der Waals surface area contributed by atoms with Crippen molar-refractivity contribution in [2.24, 2.45) is 10.8 Å². The topological polar surface area (TPSA) is 12.5 Å². The molecular weight excluding hydrogens is 222 g/mol. The van der Waals surface area contributed by atoms with Crippen LogP contribution < -0.4 is 0 Å². The number of fused-ring (bicyclic) bond motifs is 1. The summed E-state index contributed by atoms with van der Waals surface area (Å²) in [6, 6.07) is 0. The molecule has 4 fully saturated rings. The number of hydrogen-bond donors (Lipinski definition) is 0. The number of nitrogens with zero attached hydrogens (tertiary/aromatic N) is 1. The molecule has 0 bridgehead atoms. The third-order valence-electron chi connectivity index (χ3n) is 5.82. The molecule has 4 aliphatic rings. The molecule has 0 unspecified atom stereocenters. The first-order chi connectivity index (χ1) is 8.35. The van der Waals surface area contributed by atoms with Crippen LogP contribution in [0.4, 0.5) is 0 Å². The van der Waals surface area contributed by atoms with E-state index in [1.807, 2.05) is 0 Å². The van der Waals surface area contributed by atoms with Crippen LogP contribution >= 0.6 is 0 Å². The Hall–Kier alpha value is -0.0800. The fourth-order valence-electron chi connectivity index (χ4n) is 4.56. The molecule has 0 radical (unpaired) electrons. The van der Waals surface area contributed by atoms with Crippen molar-refractivity contribution >= 4 is 0 Å². The number of hydrogen-bond acceptors (Lipinski definition) is 2. The van der Waals surface area contributed by atoms with Gasteiger partial charge in [-0.25, -0.2) is 0 Å². The highest BCUT2D eigenvalue weighted by molar-refractivity contribution is 5.20. The molecule has 0 aromatic rings. The highest BCUT2D eigenvalue weighted by Crippen LogP contribution is 2.67. The lowest BCUT2D eigenvalue weighted by Crippen LogP contribution is -2.44. The predicted octanol–water partition coefficient (Wildman–Crippen LogP) is 3.21. The van der Waals surface area contributed by atoms with Crippen LogP contribution in [0.5, 0.6) is 0 Å². The molecule has 4 rings (SSSR count). The van der Waals surface area contributed by atoms with Crippen molar-refractivity contribution in [1.82, 2.24) is 4.90 Å². The molecule has 102 valence electrons. The van der Waals surface area contributed by atoms with E-state index in [0.29, 0.717) is 5.54 Å². The van der Waals surface area contributed by atoms with Crippen molar-refractivity contribution in [2.45, 2.75) is 70.4 Å². The minimum Gasteiger partial charge on any atom is -0.374 e. The summed E-state index contributed by atoms with van der Waals surface area (Å²) in [5.41, 5.74) is 1.87. The van der Waals surface area contributed by atoms with Gasteiger partial charge in [0.05, 0.1) is 12.2 Å². The van der Waals surface area contributed by atoms with E-state index < -0.39 is 0 Å². The second-order valence-electron chi connectivity index (χ2n) is 8.84. The van der Waals surface area contributed by atoms with Gasteiger partial charge in [-0.2, -0.15) is 0 Å². The minimum atomic E-state index is 0.0129. The summed E-state index contributed by atoms with van der Waals surface area (Å²) in [7, 11) is 0. The molecule has 2 saturated carbocycles. The molecule has 0 aromatic heterocycles. The molecule has 0 amide bonds. The molecule has 0 N–H and O–H groups in total. The van der Waals surface area contributed by atoms with Crippen LogP contribution in [0.25, 0.3) is 0 Å². The zero-order valence-electron chi connectivity index (χ0n) is 12.2. The molecule has 2 nitrogen and oxygen atoms in total.